The van der Waals surface area contributed by atoms with Crippen molar-refractivity contribution in [3.8, 4) is 5.75 Å². The van der Waals surface area contributed by atoms with Crippen LogP contribution in [0.25, 0.3) is 0 Å². The number of hydrogen-bond acceptors (Lipinski definition) is 4. The number of rotatable bonds is 5. The van der Waals surface area contributed by atoms with Crippen molar-refractivity contribution in [1.29, 1.82) is 0 Å². The Kier molecular flexibility index (Phi) is 5.58. The van der Waals surface area contributed by atoms with Crippen molar-refractivity contribution >= 4 is 33.2 Å². The molecule has 1 aromatic rings. The molecule has 0 saturated carbocycles. The Morgan fingerprint density at radius 1 is 1.67 bits per heavy atom. The molecule has 0 fully saturated rings. The van der Waals surface area contributed by atoms with Gasteiger partial charge in [0.1, 0.15) is 6.61 Å². The predicted octanol–water partition coefficient (Wildman–Crippen LogP) is 3.54. The third kappa shape index (κ3) is 3.69. The molecule has 1 atom stereocenters. The first-order valence-corrected chi connectivity index (χ1v) is 6.24. The van der Waals surface area contributed by atoms with Crippen molar-refractivity contribution in [3.63, 3.8) is 0 Å². The number of hydrogen-bond donors (Lipinski definition) is 1. The molecule has 5 nitrogen and oxygen atoms in total. The van der Waals surface area contributed by atoms with Gasteiger partial charge in [-0.3, -0.25) is 10.1 Å². The molecule has 0 aliphatic rings. The fraction of sp³-hybridized carbons (Fsp3) is 0.273. The molecule has 1 rings (SSSR count). The summed E-state index contributed by atoms with van der Waals surface area (Å²) in [5.41, 5.74) is 1.40. The van der Waals surface area contributed by atoms with Gasteiger partial charge in [-0.2, -0.15) is 0 Å². The molecule has 1 unspecified atom stereocenters. The molecule has 18 heavy (non-hydrogen) atoms. The average Bonchev–Trinajstić information content (AvgIpc) is 2.30. The van der Waals surface area contributed by atoms with E-state index in [0.29, 0.717) is 10.0 Å². The van der Waals surface area contributed by atoms with Gasteiger partial charge in [0.2, 0.25) is 5.75 Å². The second-order valence-electron chi connectivity index (χ2n) is 3.45. The minimum Gasteiger partial charge on any atom is -0.482 e. The van der Waals surface area contributed by atoms with E-state index in [9.17, 15) is 15.2 Å². The molecule has 0 aliphatic heterocycles. The summed E-state index contributed by atoms with van der Waals surface area (Å²) in [7, 11) is 0. The lowest BCUT2D eigenvalue weighted by Crippen LogP contribution is -2.04. The highest BCUT2D eigenvalue weighted by Crippen LogP contribution is 2.37. The first-order valence-electron chi connectivity index (χ1n) is 5.01. The number of nitro benzene ring substituents is 1. The van der Waals surface area contributed by atoms with Crippen LogP contribution in [0.5, 0.6) is 5.75 Å². The fourth-order valence-electron chi connectivity index (χ4n) is 1.37. The normalized spacial score (nSPS) is 12.7. The van der Waals surface area contributed by atoms with Crippen molar-refractivity contribution in [2.24, 2.45) is 0 Å². The number of halogens is 2. The largest absolute Gasteiger partial charge is 0.482 e. The Balaban J connectivity index is 3.27. The molecule has 0 radical (unpaired) electrons. The number of aliphatic hydroxyl groups excluding tert-OH is 1. The highest BCUT2D eigenvalue weighted by molar-refractivity contribution is 9.10. The summed E-state index contributed by atoms with van der Waals surface area (Å²) < 4.78 is 5.80. The van der Waals surface area contributed by atoms with Gasteiger partial charge in [0.05, 0.1) is 11.0 Å². The topological polar surface area (TPSA) is 72.6 Å². The molecule has 7 heteroatoms. The molecule has 1 N–H and O–H groups in total. The maximum atomic E-state index is 11.0. The van der Waals surface area contributed by atoms with Crippen LogP contribution in [0.3, 0.4) is 0 Å². The molecular weight excluding hydrogens is 325 g/mol. The second-order valence-corrected chi connectivity index (χ2v) is 4.62. The average molecular weight is 337 g/mol. The summed E-state index contributed by atoms with van der Waals surface area (Å²) in [4.78, 5) is 10.4. The molecule has 0 heterocycles. The zero-order chi connectivity index (χ0) is 13.7. The van der Waals surface area contributed by atoms with Gasteiger partial charge >= 0.3 is 5.69 Å². The minimum absolute atomic E-state index is 0.0490. The molecule has 1 aromatic carbocycles. The molecule has 98 valence electrons. The van der Waals surface area contributed by atoms with Crippen molar-refractivity contribution < 1.29 is 14.8 Å². The van der Waals surface area contributed by atoms with Crippen LogP contribution in [0.15, 0.2) is 28.2 Å². The van der Waals surface area contributed by atoms with Gasteiger partial charge in [-0.15, -0.1) is 0 Å². The van der Waals surface area contributed by atoms with E-state index in [1.54, 1.807) is 6.07 Å². The maximum Gasteiger partial charge on any atom is 0.312 e. The van der Waals surface area contributed by atoms with Crippen LogP contribution in [-0.4, -0.2) is 16.6 Å². The van der Waals surface area contributed by atoms with E-state index in [1.165, 1.54) is 24.6 Å². The zero-order valence-electron chi connectivity index (χ0n) is 9.47. The first kappa shape index (κ1) is 14.9. The standard InChI is InChI=1S/C11H11BrClNO4/c1-7(15)9-5-8(12)6-10(14(16)17)11(9)18-4-2-3-13/h2-3,5-7,15H,4H2,1H3/b3-2+. The zero-order valence-corrected chi connectivity index (χ0v) is 11.8. The van der Waals surface area contributed by atoms with Crippen molar-refractivity contribution in [1.82, 2.24) is 0 Å². The maximum absolute atomic E-state index is 11.0. The smallest absolute Gasteiger partial charge is 0.312 e. The summed E-state index contributed by atoms with van der Waals surface area (Å²) in [6.07, 6.45) is 0.621. The summed E-state index contributed by atoms with van der Waals surface area (Å²) >= 11 is 8.51. The van der Waals surface area contributed by atoms with Gasteiger partial charge in [-0.25, -0.2) is 0 Å². The third-order valence-electron chi connectivity index (χ3n) is 2.12. The summed E-state index contributed by atoms with van der Waals surface area (Å²) in [6.45, 7) is 1.60. The Morgan fingerprint density at radius 2 is 2.33 bits per heavy atom. The Bertz CT molecular complexity index is 476. The highest BCUT2D eigenvalue weighted by atomic mass is 79.9. The van der Waals surface area contributed by atoms with Crippen LogP contribution >= 0.6 is 27.5 Å². The summed E-state index contributed by atoms with van der Waals surface area (Å²) in [6, 6.07) is 2.91. The molecule has 0 aromatic heterocycles. The second kappa shape index (κ2) is 6.72. The SMILES string of the molecule is CC(O)c1cc(Br)cc([N+](=O)[O-])c1OC/C=C/Cl. The monoisotopic (exact) mass is 335 g/mol. The van der Waals surface area contributed by atoms with Crippen LogP contribution < -0.4 is 4.74 Å². The van der Waals surface area contributed by atoms with E-state index in [4.69, 9.17) is 16.3 Å². The molecule has 0 aliphatic carbocycles. The first-order chi connectivity index (χ1) is 8.47. The van der Waals surface area contributed by atoms with Crippen LogP contribution in [0.2, 0.25) is 0 Å². The number of aliphatic hydroxyl groups is 1. The number of ether oxygens (including phenoxy) is 1. The highest BCUT2D eigenvalue weighted by Gasteiger charge is 2.22. The lowest BCUT2D eigenvalue weighted by Gasteiger charge is -2.13. The molecular formula is C11H11BrClNO4. The van der Waals surface area contributed by atoms with Crippen molar-refractivity contribution in [3.05, 3.63) is 43.9 Å². The Morgan fingerprint density at radius 3 is 2.83 bits per heavy atom. The minimum atomic E-state index is -0.879. The van der Waals surface area contributed by atoms with Crippen molar-refractivity contribution in [2.45, 2.75) is 13.0 Å². The Labute approximate surface area is 117 Å². The molecule has 0 amide bonds. The van der Waals surface area contributed by atoms with Gasteiger partial charge < -0.3 is 9.84 Å². The van der Waals surface area contributed by atoms with E-state index in [0.717, 1.165) is 0 Å². The number of nitrogens with zero attached hydrogens (tertiary/aromatic N) is 1. The van der Waals surface area contributed by atoms with Crippen LogP contribution in [0.1, 0.15) is 18.6 Å². The van der Waals surface area contributed by atoms with Gasteiger partial charge in [0.25, 0.3) is 0 Å². The van der Waals surface area contributed by atoms with Crippen LogP contribution in [0.4, 0.5) is 5.69 Å². The van der Waals surface area contributed by atoms with E-state index < -0.39 is 11.0 Å². The third-order valence-corrected chi connectivity index (χ3v) is 2.76. The summed E-state index contributed by atoms with van der Waals surface area (Å²) in [5, 5.41) is 20.6. The quantitative estimate of drug-likeness (QED) is 0.659. The van der Waals surface area contributed by atoms with Crippen LogP contribution in [-0.2, 0) is 0 Å². The predicted molar refractivity (Wildman–Crippen MR) is 71.9 cm³/mol. The Hall–Kier alpha value is -1.11. The number of benzene rings is 1. The van der Waals surface area contributed by atoms with Gasteiger partial charge in [-0.1, -0.05) is 27.5 Å². The molecule has 0 spiro atoms. The lowest BCUT2D eigenvalue weighted by atomic mass is 10.1. The van der Waals surface area contributed by atoms with Crippen molar-refractivity contribution in [2.75, 3.05) is 6.61 Å². The van der Waals surface area contributed by atoms with Gasteiger partial charge in [0.15, 0.2) is 0 Å². The number of nitro groups is 1. The van der Waals surface area contributed by atoms with Gasteiger partial charge in [0, 0.05) is 21.6 Å². The summed E-state index contributed by atoms with van der Waals surface area (Å²) in [5.74, 6) is 0.0490. The van der Waals surface area contributed by atoms with E-state index >= 15 is 0 Å². The van der Waals surface area contributed by atoms with E-state index in [-0.39, 0.29) is 18.0 Å². The van der Waals surface area contributed by atoms with E-state index in [2.05, 4.69) is 15.9 Å². The van der Waals surface area contributed by atoms with E-state index in [1.807, 2.05) is 0 Å². The van der Waals surface area contributed by atoms with Gasteiger partial charge in [-0.05, 0) is 19.1 Å². The molecule has 0 saturated heterocycles. The van der Waals surface area contributed by atoms with Crippen LogP contribution in [0, 0.1) is 10.1 Å². The lowest BCUT2D eigenvalue weighted by molar-refractivity contribution is -0.386. The molecule has 0 bridgehead atoms. The fourth-order valence-corrected chi connectivity index (χ4v) is 1.91.